The van der Waals surface area contributed by atoms with E-state index < -0.39 is 0 Å². The van der Waals surface area contributed by atoms with E-state index in [2.05, 4.69) is 64.0 Å². The maximum atomic E-state index is 6.05. The van der Waals surface area contributed by atoms with Crippen LogP contribution in [0, 0.1) is 0 Å². The molecule has 1 aromatic carbocycles. The van der Waals surface area contributed by atoms with Gasteiger partial charge in [0, 0.05) is 36.5 Å². The van der Waals surface area contributed by atoms with Crippen molar-refractivity contribution < 1.29 is 4.74 Å². The number of hydrogen-bond acceptors (Lipinski definition) is 7. The highest BCUT2D eigenvalue weighted by Crippen LogP contribution is 2.31. The number of pyridine rings is 1. The molecule has 1 aliphatic heterocycles. The van der Waals surface area contributed by atoms with Crippen molar-refractivity contribution in [2.75, 3.05) is 36.9 Å². The Morgan fingerprint density at radius 1 is 1.03 bits per heavy atom. The molecule has 0 aliphatic carbocycles. The Bertz CT molecular complexity index is 970. The summed E-state index contributed by atoms with van der Waals surface area (Å²) in [5.74, 6) is 1.59. The number of rotatable bonds is 5. The van der Waals surface area contributed by atoms with Crippen molar-refractivity contribution in [1.29, 1.82) is 0 Å². The lowest BCUT2D eigenvalue weighted by atomic mass is 9.82. The monoisotopic (exact) mass is 390 g/mol. The molecular formula is C22H26N6O. The van der Waals surface area contributed by atoms with Gasteiger partial charge in [-0.2, -0.15) is 15.0 Å². The van der Waals surface area contributed by atoms with Crippen LogP contribution >= 0.6 is 0 Å². The molecular weight excluding hydrogens is 364 g/mol. The minimum atomic E-state index is -0.323. The summed E-state index contributed by atoms with van der Waals surface area (Å²) in [5.41, 5.74) is 9.22. The van der Waals surface area contributed by atoms with Crippen LogP contribution in [-0.4, -0.2) is 46.2 Å². The predicted molar refractivity (Wildman–Crippen MR) is 114 cm³/mol. The third-order valence-corrected chi connectivity index (χ3v) is 5.16. The molecule has 0 unspecified atom stereocenters. The Labute approximate surface area is 171 Å². The first-order valence-electron chi connectivity index (χ1n) is 9.86. The van der Waals surface area contributed by atoms with Crippen LogP contribution in [0.15, 0.2) is 48.8 Å². The van der Waals surface area contributed by atoms with Crippen LogP contribution in [0.3, 0.4) is 0 Å². The molecule has 0 amide bonds. The normalized spacial score (nSPS) is 14.8. The van der Waals surface area contributed by atoms with Gasteiger partial charge in [-0.15, -0.1) is 0 Å². The number of hydrogen-bond donors (Lipinski definition) is 1. The summed E-state index contributed by atoms with van der Waals surface area (Å²) >= 11 is 0. The molecule has 0 radical (unpaired) electrons. The summed E-state index contributed by atoms with van der Waals surface area (Å²) in [6, 6.07) is 12.4. The summed E-state index contributed by atoms with van der Waals surface area (Å²) < 4.78 is 5.43. The summed E-state index contributed by atoms with van der Waals surface area (Å²) in [7, 11) is 0. The minimum Gasteiger partial charge on any atom is -0.378 e. The van der Waals surface area contributed by atoms with Crippen LogP contribution in [0.4, 0.5) is 11.9 Å². The van der Waals surface area contributed by atoms with E-state index in [-0.39, 0.29) is 11.4 Å². The average Bonchev–Trinajstić information content (AvgIpc) is 2.75. The topological polar surface area (TPSA) is 90.0 Å². The molecule has 1 aliphatic rings. The van der Waals surface area contributed by atoms with Gasteiger partial charge in [-0.3, -0.25) is 4.98 Å². The maximum absolute atomic E-state index is 6.05. The van der Waals surface area contributed by atoms with Crippen molar-refractivity contribution in [2.24, 2.45) is 0 Å². The van der Waals surface area contributed by atoms with Crippen LogP contribution < -0.4 is 10.6 Å². The molecule has 0 atom stereocenters. The summed E-state index contributed by atoms with van der Waals surface area (Å²) in [4.78, 5) is 20.0. The van der Waals surface area contributed by atoms with Gasteiger partial charge in [0.2, 0.25) is 11.9 Å². The van der Waals surface area contributed by atoms with Crippen LogP contribution in [0.2, 0.25) is 0 Å². The van der Waals surface area contributed by atoms with Gasteiger partial charge >= 0.3 is 0 Å². The highest BCUT2D eigenvalue weighted by atomic mass is 16.5. The van der Waals surface area contributed by atoms with Crippen molar-refractivity contribution in [3.63, 3.8) is 0 Å². The Balaban J connectivity index is 1.66. The van der Waals surface area contributed by atoms with Crippen LogP contribution in [0.5, 0.6) is 0 Å². The molecule has 3 aromatic rings. The zero-order valence-corrected chi connectivity index (χ0v) is 16.9. The Morgan fingerprint density at radius 3 is 2.59 bits per heavy atom. The Hall–Kier alpha value is -3.06. The quantitative estimate of drug-likeness (QED) is 0.716. The molecule has 150 valence electrons. The van der Waals surface area contributed by atoms with E-state index in [1.165, 1.54) is 11.1 Å². The van der Waals surface area contributed by atoms with Crippen molar-refractivity contribution in [3.05, 3.63) is 60.2 Å². The van der Waals surface area contributed by atoms with Crippen molar-refractivity contribution in [2.45, 2.75) is 25.7 Å². The van der Waals surface area contributed by atoms with E-state index in [1.807, 2.05) is 12.3 Å². The number of benzene rings is 1. The molecule has 7 heteroatoms. The zero-order chi connectivity index (χ0) is 20.3. The van der Waals surface area contributed by atoms with E-state index >= 15 is 0 Å². The number of nitrogen functional groups attached to an aromatic ring is 1. The second kappa shape index (κ2) is 8.13. The van der Waals surface area contributed by atoms with E-state index in [4.69, 9.17) is 15.5 Å². The van der Waals surface area contributed by atoms with E-state index in [0.29, 0.717) is 25.0 Å². The standard InChI is InChI=1S/C22H26N6O/c1-22(2,14-16-6-3-4-8-18(16)17-7-5-9-24-15-17)19-25-20(23)27-21(26-19)28-10-12-29-13-11-28/h3-9,15H,10-14H2,1-2H3,(H2,23,25,26,27). The second-order valence-corrected chi connectivity index (χ2v) is 7.88. The lowest BCUT2D eigenvalue weighted by Gasteiger charge is -2.29. The Kier molecular flexibility index (Phi) is 5.40. The van der Waals surface area contributed by atoms with Crippen LogP contribution in [0.1, 0.15) is 25.2 Å². The molecule has 29 heavy (non-hydrogen) atoms. The smallest absolute Gasteiger partial charge is 0.230 e. The maximum Gasteiger partial charge on any atom is 0.230 e. The highest BCUT2D eigenvalue weighted by Gasteiger charge is 2.28. The number of morpholine rings is 1. The van der Waals surface area contributed by atoms with E-state index in [1.54, 1.807) is 6.20 Å². The lowest BCUT2D eigenvalue weighted by molar-refractivity contribution is 0.122. The van der Waals surface area contributed by atoms with Crippen molar-refractivity contribution in [3.8, 4) is 11.1 Å². The third-order valence-electron chi connectivity index (χ3n) is 5.16. The largest absolute Gasteiger partial charge is 0.378 e. The van der Waals surface area contributed by atoms with Gasteiger partial charge in [-0.05, 0) is 23.6 Å². The number of anilines is 2. The number of aromatic nitrogens is 4. The first kappa shape index (κ1) is 19.3. The molecule has 0 bridgehead atoms. The first-order valence-corrected chi connectivity index (χ1v) is 9.86. The number of nitrogens with zero attached hydrogens (tertiary/aromatic N) is 5. The van der Waals surface area contributed by atoms with Gasteiger partial charge < -0.3 is 15.4 Å². The molecule has 2 N–H and O–H groups in total. The third kappa shape index (κ3) is 4.35. The van der Waals surface area contributed by atoms with Crippen molar-refractivity contribution >= 4 is 11.9 Å². The van der Waals surface area contributed by atoms with Gasteiger partial charge in [0.1, 0.15) is 5.82 Å². The minimum absolute atomic E-state index is 0.255. The molecule has 3 heterocycles. The lowest BCUT2D eigenvalue weighted by Crippen LogP contribution is -2.38. The molecule has 0 saturated carbocycles. The van der Waals surface area contributed by atoms with E-state index in [9.17, 15) is 0 Å². The van der Waals surface area contributed by atoms with Gasteiger partial charge in [-0.25, -0.2) is 0 Å². The molecule has 4 rings (SSSR count). The van der Waals surface area contributed by atoms with Gasteiger partial charge in [0.15, 0.2) is 0 Å². The zero-order valence-electron chi connectivity index (χ0n) is 16.9. The molecule has 1 saturated heterocycles. The predicted octanol–water partition coefficient (Wildman–Crippen LogP) is 2.87. The fourth-order valence-corrected chi connectivity index (χ4v) is 3.62. The van der Waals surface area contributed by atoms with Gasteiger partial charge in [0.25, 0.3) is 0 Å². The van der Waals surface area contributed by atoms with E-state index in [0.717, 1.165) is 25.1 Å². The summed E-state index contributed by atoms with van der Waals surface area (Å²) in [6.07, 6.45) is 4.45. The van der Waals surface area contributed by atoms with Crippen molar-refractivity contribution in [1.82, 2.24) is 19.9 Å². The van der Waals surface area contributed by atoms with Crippen LogP contribution in [0.25, 0.3) is 11.1 Å². The fraction of sp³-hybridized carbons (Fsp3) is 0.364. The number of nitrogens with two attached hydrogens (primary N) is 1. The Morgan fingerprint density at radius 2 is 1.83 bits per heavy atom. The molecule has 7 nitrogen and oxygen atoms in total. The second-order valence-electron chi connectivity index (χ2n) is 7.88. The first-order chi connectivity index (χ1) is 14.0. The summed E-state index contributed by atoms with van der Waals surface area (Å²) in [6.45, 7) is 7.14. The molecule has 0 spiro atoms. The fourth-order valence-electron chi connectivity index (χ4n) is 3.62. The molecule has 2 aromatic heterocycles. The molecule has 1 fully saturated rings. The average molecular weight is 390 g/mol. The number of ether oxygens (including phenoxy) is 1. The SMILES string of the molecule is CC(C)(Cc1ccccc1-c1cccnc1)c1nc(N)nc(N2CCOCC2)n1. The van der Waals surface area contributed by atoms with Gasteiger partial charge in [-0.1, -0.05) is 44.2 Å². The highest BCUT2D eigenvalue weighted by molar-refractivity contribution is 5.66. The van der Waals surface area contributed by atoms with Gasteiger partial charge in [0.05, 0.1) is 13.2 Å². The summed E-state index contributed by atoms with van der Waals surface area (Å²) in [5, 5.41) is 0. The van der Waals surface area contributed by atoms with Crippen LogP contribution in [-0.2, 0) is 16.6 Å².